The van der Waals surface area contributed by atoms with Crippen molar-refractivity contribution in [3.05, 3.63) is 28.3 Å². The Hall–Kier alpha value is -1.86. The minimum atomic E-state index is -0.472. The maximum atomic E-state index is 10.9. The first-order valence-corrected chi connectivity index (χ1v) is 6.40. The number of nitrogens with zero attached hydrogens (tertiary/aromatic N) is 2. The Bertz CT molecular complexity index is 439. The first-order valence-electron chi connectivity index (χ1n) is 6.40. The lowest BCUT2D eigenvalue weighted by Crippen LogP contribution is -2.30. The van der Waals surface area contributed by atoms with Gasteiger partial charge in [-0.05, 0) is 13.0 Å². The molecule has 7 heteroatoms. The van der Waals surface area contributed by atoms with E-state index in [4.69, 9.17) is 14.6 Å². The van der Waals surface area contributed by atoms with E-state index in [9.17, 15) is 10.1 Å². The highest BCUT2D eigenvalue weighted by molar-refractivity contribution is 5.59. The SMILES string of the molecule is CCOc1cc(N(CCO)CCOC)ccc1[N+](=O)[O-]. The molecule has 0 aromatic heterocycles. The van der Waals surface area contributed by atoms with Gasteiger partial charge in [-0.2, -0.15) is 0 Å². The van der Waals surface area contributed by atoms with E-state index in [0.717, 1.165) is 5.69 Å². The van der Waals surface area contributed by atoms with Gasteiger partial charge in [-0.15, -0.1) is 0 Å². The summed E-state index contributed by atoms with van der Waals surface area (Å²) in [4.78, 5) is 12.3. The molecule has 1 aromatic rings. The summed E-state index contributed by atoms with van der Waals surface area (Å²) in [5.41, 5.74) is 0.691. The van der Waals surface area contributed by atoms with E-state index >= 15 is 0 Å². The molecule has 1 rings (SSSR count). The van der Waals surface area contributed by atoms with Crippen molar-refractivity contribution in [1.82, 2.24) is 0 Å². The second-order valence-electron chi connectivity index (χ2n) is 4.05. The molecule has 0 aliphatic rings. The molecule has 0 saturated carbocycles. The Morgan fingerprint density at radius 1 is 1.40 bits per heavy atom. The molecule has 0 spiro atoms. The van der Waals surface area contributed by atoms with E-state index in [0.29, 0.717) is 26.3 Å². The molecular weight excluding hydrogens is 264 g/mol. The highest BCUT2D eigenvalue weighted by Gasteiger charge is 2.17. The van der Waals surface area contributed by atoms with Gasteiger partial charge in [0.25, 0.3) is 0 Å². The first kappa shape index (κ1) is 16.2. The lowest BCUT2D eigenvalue weighted by Gasteiger charge is -2.24. The predicted octanol–water partition coefficient (Wildman–Crippen LogP) is 1.44. The van der Waals surface area contributed by atoms with Gasteiger partial charge in [0.2, 0.25) is 0 Å². The molecule has 1 aromatic carbocycles. The normalized spacial score (nSPS) is 10.3. The van der Waals surface area contributed by atoms with Crippen molar-refractivity contribution in [3.8, 4) is 5.75 Å². The third-order valence-electron chi connectivity index (χ3n) is 2.74. The molecular formula is C13H20N2O5. The molecule has 0 aliphatic heterocycles. The Balaban J connectivity index is 3.03. The van der Waals surface area contributed by atoms with Crippen LogP contribution in [-0.4, -0.2) is 50.0 Å². The van der Waals surface area contributed by atoms with Crippen LogP contribution in [0.1, 0.15) is 6.92 Å². The second kappa shape index (κ2) is 8.34. The number of hydrogen-bond acceptors (Lipinski definition) is 6. The monoisotopic (exact) mass is 284 g/mol. The van der Waals surface area contributed by atoms with Crippen LogP contribution in [-0.2, 0) is 4.74 Å². The molecule has 7 nitrogen and oxygen atoms in total. The number of aliphatic hydroxyl groups is 1. The highest BCUT2D eigenvalue weighted by atomic mass is 16.6. The smallest absolute Gasteiger partial charge is 0.311 e. The summed E-state index contributed by atoms with van der Waals surface area (Å²) in [6.45, 7) is 3.62. The molecule has 0 aliphatic carbocycles. The van der Waals surface area contributed by atoms with Crippen LogP contribution in [0.5, 0.6) is 5.75 Å². The zero-order valence-electron chi connectivity index (χ0n) is 11.7. The van der Waals surface area contributed by atoms with Crippen LogP contribution in [0.15, 0.2) is 18.2 Å². The standard InChI is InChI=1S/C13H20N2O5/c1-3-20-13-10-11(4-5-12(13)15(17)18)14(6-8-16)7-9-19-2/h4-5,10,16H,3,6-9H2,1-2H3. The Morgan fingerprint density at radius 2 is 2.15 bits per heavy atom. The van der Waals surface area contributed by atoms with Crippen molar-refractivity contribution in [2.24, 2.45) is 0 Å². The van der Waals surface area contributed by atoms with Crippen molar-refractivity contribution < 1.29 is 19.5 Å². The molecule has 0 radical (unpaired) electrons. The predicted molar refractivity (Wildman–Crippen MR) is 75.4 cm³/mol. The van der Waals surface area contributed by atoms with Crippen molar-refractivity contribution in [3.63, 3.8) is 0 Å². The number of anilines is 1. The highest BCUT2D eigenvalue weighted by Crippen LogP contribution is 2.31. The molecule has 0 atom stereocenters. The van der Waals surface area contributed by atoms with Crippen molar-refractivity contribution in [1.29, 1.82) is 0 Å². The van der Waals surface area contributed by atoms with E-state index in [1.54, 1.807) is 26.2 Å². The second-order valence-corrected chi connectivity index (χ2v) is 4.05. The summed E-state index contributed by atoms with van der Waals surface area (Å²) in [6, 6.07) is 4.68. The summed E-state index contributed by atoms with van der Waals surface area (Å²) in [5.74, 6) is 0.232. The fourth-order valence-corrected chi connectivity index (χ4v) is 1.81. The third-order valence-corrected chi connectivity index (χ3v) is 2.74. The van der Waals surface area contributed by atoms with Gasteiger partial charge in [0.05, 0.1) is 24.7 Å². The largest absolute Gasteiger partial charge is 0.487 e. The minimum Gasteiger partial charge on any atom is -0.487 e. The van der Waals surface area contributed by atoms with Gasteiger partial charge in [-0.3, -0.25) is 10.1 Å². The van der Waals surface area contributed by atoms with Crippen molar-refractivity contribution >= 4 is 11.4 Å². The van der Waals surface area contributed by atoms with E-state index in [-0.39, 0.29) is 18.0 Å². The molecule has 0 fully saturated rings. The van der Waals surface area contributed by atoms with Gasteiger partial charge >= 0.3 is 5.69 Å². The fraction of sp³-hybridized carbons (Fsp3) is 0.538. The number of aliphatic hydroxyl groups excluding tert-OH is 1. The molecule has 0 heterocycles. The third kappa shape index (κ3) is 4.36. The first-order chi connectivity index (χ1) is 9.63. The number of hydrogen-bond donors (Lipinski definition) is 1. The van der Waals surface area contributed by atoms with Gasteiger partial charge in [0.15, 0.2) is 5.75 Å². The fourth-order valence-electron chi connectivity index (χ4n) is 1.81. The summed E-state index contributed by atoms with van der Waals surface area (Å²) >= 11 is 0. The van der Waals surface area contributed by atoms with E-state index < -0.39 is 4.92 Å². The molecule has 20 heavy (non-hydrogen) atoms. The van der Waals surface area contributed by atoms with Crippen LogP contribution in [0.25, 0.3) is 0 Å². The number of rotatable bonds is 9. The van der Waals surface area contributed by atoms with Gasteiger partial charge in [-0.25, -0.2) is 0 Å². The Morgan fingerprint density at radius 3 is 2.70 bits per heavy atom. The maximum absolute atomic E-state index is 10.9. The van der Waals surface area contributed by atoms with Gasteiger partial charge < -0.3 is 19.5 Å². The summed E-state index contributed by atoms with van der Waals surface area (Å²) in [7, 11) is 1.60. The van der Waals surface area contributed by atoms with Crippen LogP contribution in [0.3, 0.4) is 0 Å². The molecule has 0 saturated heterocycles. The maximum Gasteiger partial charge on any atom is 0.311 e. The minimum absolute atomic E-state index is 0.00926. The van der Waals surface area contributed by atoms with Crippen LogP contribution in [0, 0.1) is 10.1 Å². The van der Waals surface area contributed by atoms with Crippen LogP contribution in [0.2, 0.25) is 0 Å². The summed E-state index contributed by atoms with van der Waals surface area (Å²) < 4.78 is 10.3. The van der Waals surface area contributed by atoms with E-state index in [1.165, 1.54) is 6.07 Å². The van der Waals surface area contributed by atoms with Crippen LogP contribution < -0.4 is 9.64 Å². The van der Waals surface area contributed by atoms with Gasteiger partial charge in [0, 0.05) is 38.0 Å². The van der Waals surface area contributed by atoms with Crippen LogP contribution in [0.4, 0.5) is 11.4 Å². The average Bonchev–Trinajstić information content (AvgIpc) is 2.43. The van der Waals surface area contributed by atoms with Gasteiger partial charge in [-0.1, -0.05) is 0 Å². The number of nitro benzene ring substituents is 1. The molecule has 0 amide bonds. The zero-order chi connectivity index (χ0) is 15.0. The number of nitro groups is 1. The topological polar surface area (TPSA) is 85.1 Å². The van der Waals surface area contributed by atoms with Crippen LogP contribution >= 0.6 is 0 Å². The number of methoxy groups -OCH3 is 1. The number of benzene rings is 1. The lowest BCUT2D eigenvalue weighted by atomic mass is 10.2. The lowest BCUT2D eigenvalue weighted by molar-refractivity contribution is -0.385. The summed E-state index contributed by atoms with van der Waals surface area (Å²) in [5, 5.41) is 20.0. The van der Waals surface area contributed by atoms with E-state index in [2.05, 4.69) is 0 Å². The Kier molecular flexibility index (Phi) is 6.75. The quantitative estimate of drug-likeness (QED) is 0.545. The number of ether oxygens (including phenoxy) is 2. The molecule has 0 bridgehead atoms. The van der Waals surface area contributed by atoms with E-state index in [1.807, 2.05) is 4.90 Å². The molecule has 112 valence electrons. The van der Waals surface area contributed by atoms with Gasteiger partial charge in [0.1, 0.15) is 0 Å². The summed E-state index contributed by atoms with van der Waals surface area (Å²) in [6.07, 6.45) is 0. The van der Waals surface area contributed by atoms with Crippen molar-refractivity contribution in [2.45, 2.75) is 6.92 Å². The molecule has 0 unspecified atom stereocenters. The zero-order valence-corrected chi connectivity index (χ0v) is 11.7. The Labute approximate surface area is 117 Å². The molecule has 1 N–H and O–H groups in total. The van der Waals surface area contributed by atoms with Crippen molar-refractivity contribution in [2.75, 3.05) is 44.9 Å². The average molecular weight is 284 g/mol.